The predicted molar refractivity (Wildman–Crippen MR) is 106 cm³/mol. The first-order valence-corrected chi connectivity index (χ1v) is 8.95. The predicted octanol–water partition coefficient (Wildman–Crippen LogP) is 3.22. The largest absolute Gasteiger partial charge is 0.504 e. The second-order valence-corrected chi connectivity index (χ2v) is 6.58. The van der Waals surface area contributed by atoms with Crippen molar-refractivity contribution in [2.45, 2.75) is 4.83 Å². The molecule has 7 nitrogen and oxygen atoms in total. The Labute approximate surface area is 166 Å². The molecule has 0 saturated carbocycles. The van der Waals surface area contributed by atoms with Crippen LogP contribution in [0.5, 0.6) is 28.7 Å². The third kappa shape index (κ3) is 4.57. The molecule has 3 rings (SSSR count). The molecule has 1 N–H and O–H groups in total. The van der Waals surface area contributed by atoms with Gasteiger partial charge < -0.3 is 29.0 Å². The van der Waals surface area contributed by atoms with Gasteiger partial charge >= 0.3 is 0 Å². The molecule has 2 aromatic carbocycles. The van der Waals surface area contributed by atoms with Gasteiger partial charge in [0, 0.05) is 18.7 Å². The van der Waals surface area contributed by atoms with Gasteiger partial charge in [-0.05, 0) is 12.1 Å². The molecule has 1 heterocycles. The molecular formula is C19H22BrNO6. The fourth-order valence-corrected chi connectivity index (χ4v) is 3.01. The minimum atomic E-state index is -0.100. The van der Waals surface area contributed by atoms with Crippen molar-refractivity contribution in [3.8, 4) is 28.7 Å². The zero-order valence-corrected chi connectivity index (χ0v) is 17.1. The molecule has 1 amide bonds. The lowest BCUT2D eigenvalue weighted by Crippen LogP contribution is -2.53. The zero-order valence-electron chi connectivity index (χ0n) is 15.6. The highest BCUT2D eigenvalue weighted by molar-refractivity contribution is 9.10. The molecule has 0 radical (unpaired) electrons. The van der Waals surface area contributed by atoms with Crippen molar-refractivity contribution in [3.63, 3.8) is 0 Å². The number of amides is 1. The number of rotatable bonds is 5. The van der Waals surface area contributed by atoms with E-state index in [2.05, 4.69) is 15.9 Å². The minimum absolute atomic E-state index is 0.0317. The van der Waals surface area contributed by atoms with Gasteiger partial charge in [0.15, 0.2) is 23.0 Å². The number of nitrogens with zero attached hydrogens (tertiary/aromatic N) is 1. The number of ether oxygens (including phenoxy) is 4. The van der Waals surface area contributed by atoms with Gasteiger partial charge in [-0.2, -0.15) is 0 Å². The van der Waals surface area contributed by atoms with Crippen LogP contribution in [0.2, 0.25) is 0 Å². The van der Waals surface area contributed by atoms with Crippen LogP contribution >= 0.6 is 15.9 Å². The summed E-state index contributed by atoms with van der Waals surface area (Å²) < 4.78 is 20.5. The maximum absolute atomic E-state index is 11.7. The van der Waals surface area contributed by atoms with Crippen LogP contribution in [0.4, 0.5) is 5.69 Å². The number of aromatic hydroxyl groups is 1. The van der Waals surface area contributed by atoms with Crippen molar-refractivity contribution in [1.29, 1.82) is 0 Å². The van der Waals surface area contributed by atoms with E-state index < -0.39 is 0 Å². The Morgan fingerprint density at radius 3 is 1.89 bits per heavy atom. The Bertz CT molecular complexity index is 773. The van der Waals surface area contributed by atoms with Crippen molar-refractivity contribution >= 4 is 27.5 Å². The minimum Gasteiger partial charge on any atom is -0.504 e. The summed E-state index contributed by atoms with van der Waals surface area (Å²) in [6, 6.07) is 10.4. The summed E-state index contributed by atoms with van der Waals surface area (Å²) in [5.74, 6) is 2.32. The Kier molecular flexibility index (Phi) is 7.18. The Balaban J connectivity index is 0.000000244. The lowest BCUT2D eigenvalue weighted by atomic mass is 10.1. The highest BCUT2D eigenvalue weighted by Crippen LogP contribution is 2.42. The lowest BCUT2D eigenvalue weighted by molar-refractivity contribution is -0.121. The Morgan fingerprint density at radius 1 is 0.963 bits per heavy atom. The van der Waals surface area contributed by atoms with E-state index in [-0.39, 0.29) is 16.5 Å². The number of phenolic OH excluding ortho intramolecular Hbond substituents is 1. The van der Waals surface area contributed by atoms with Crippen LogP contribution in [-0.2, 0) is 4.79 Å². The topological polar surface area (TPSA) is 77.5 Å². The van der Waals surface area contributed by atoms with Crippen LogP contribution in [0.25, 0.3) is 0 Å². The number of hydrogen-bond donors (Lipinski definition) is 1. The first-order chi connectivity index (χ1) is 13.0. The normalized spacial score (nSPS) is 15.2. The molecule has 0 aromatic heterocycles. The number of anilines is 1. The summed E-state index contributed by atoms with van der Waals surface area (Å²) in [6.07, 6.45) is 0. The number of carbonyl (C=O) groups excluding carboxylic acids is 1. The van der Waals surface area contributed by atoms with E-state index in [4.69, 9.17) is 24.1 Å². The molecule has 0 spiro atoms. The average molecular weight is 440 g/mol. The van der Waals surface area contributed by atoms with Crippen molar-refractivity contribution in [3.05, 3.63) is 36.4 Å². The third-order valence-corrected chi connectivity index (χ3v) is 4.60. The number of alkyl halides is 1. The smallest absolute Gasteiger partial charge is 0.242 e. The molecule has 1 aliphatic heterocycles. The molecule has 8 heteroatoms. The van der Waals surface area contributed by atoms with E-state index in [1.807, 2.05) is 0 Å². The number of para-hydroxylation sites is 2. The van der Waals surface area contributed by atoms with Crippen LogP contribution in [0.15, 0.2) is 36.4 Å². The number of phenols is 1. The van der Waals surface area contributed by atoms with Gasteiger partial charge in [0.05, 0.1) is 34.1 Å². The third-order valence-electron chi connectivity index (χ3n) is 3.92. The lowest BCUT2D eigenvalue weighted by Gasteiger charge is -2.35. The van der Waals surface area contributed by atoms with Gasteiger partial charge in [0.2, 0.25) is 11.7 Å². The molecular weight excluding hydrogens is 418 g/mol. The van der Waals surface area contributed by atoms with Gasteiger partial charge in [-0.15, -0.1) is 0 Å². The fraction of sp³-hybridized carbons (Fsp3) is 0.316. The number of carbonyl (C=O) groups is 1. The number of benzene rings is 2. The monoisotopic (exact) mass is 439 g/mol. The van der Waals surface area contributed by atoms with Crippen LogP contribution in [0, 0.1) is 0 Å². The molecule has 27 heavy (non-hydrogen) atoms. The average Bonchev–Trinajstić information content (AvgIpc) is 2.71. The second kappa shape index (κ2) is 9.36. The van der Waals surface area contributed by atoms with Crippen molar-refractivity contribution in [2.75, 3.05) is 39.9 Å². The van der Waals surface area contributed by atoms with E-state index >= 15 is 0 Å². The SMILES string of the molecule is COc1cc(N2CC(Br)C2=O)cc(OC)c1OC.COc1ccccc1O. The summed E-state index contributed by atoms with van der Waals surface area (Å²) in [7, 11) is 6.16. The molecule has 1 unspecified atom stereocenters. The quantitative estimate of drug-likeness (QED) is 0.569. The van der Waals surface area contributed by atoms with Gasteiger partial charge in [-0.3, -0.25) is 4.79 Å². The van der Waals surface area contributed by atoms with Crippen molar-refractivity contribution in [1.82, 2.24) is 0 Å². The number of methoxy groups -OCH3 is 4. The van der Waals surface area contributed by atoms with E-state index in [1.54, 1.807) is 62.6 Å². The molecule has 1 atom stereocenters. The highest BCUT2D eigenvalue weighted by atomic mass is 79.9. The highest BCUT2D eigenvalue weighted by Gasteiger charge is 2.36. The zero-order chi connectivity index (χ0) is 20.0. The maximum Gasteiger partial charge on any atom is 0.242 e. The molecule has 1 aliphatic rings. The van der Waals surface area contributed by atoms with Gasteiger partial charge in [0.25, 0.3) is 0 Å². The summed E-state index contributed by atoms with van der Waals surface area (Å²) in [5.41, 5.74) is 0.741. The molecule has 1 saturated heterocycles. The number of β-lactam (4-membered cyclic amide) rings is 1. The van der Waals surface area contributed by atoms with E-state index in [0.29, 0.717) is 29.5 Å². The molecule has 2 aromatic rings. The van der Waals surface area contributed by atoms with Crippen LogP contribution < -0.4 is 23.8 Å². The first-order valence-electron chi connectivity index (χ1n) is 8.04. The molecule has 0 aliphatic carbocycles. The molecule has 0 bridgehead atoms. The van der Waals surface area contributed by atoms with Crippen LogP contribution in [0.3, 0.4) is 0 Å². The van der Waals surface area contributed by atoms with Crippen LogP contribution in [-0.4, -0.2) is 50.8 Å². The standard InChI is InChI=1S/C12H14BrNO4.C7H8O2/c1-16-9-4-7(14-6-8(13)12(14)15)5-10(17-2)11(9)18-3;1-9-7-5-3-2-4-6(7)8/h4-5,8H,6H2,1-3H3;2-5,8H,1H3. The summed E-state index contributed by atoms with van der Waals surface area (Å²) >= 11 is 3.28. The Hall–Kier alpha value is -2.61. The van der Waals surface area contributed by atoms with Crippen molar-refractivity contribution < 1.29 is 28.8 Å². The maximum atomic E-state index is 11.7. The summed E-state index contributed by atoms with van der Waals surface area (Å²) in [5, 5.41) is 8.99. The number of halogens is 1. The Morgan fingerprint density at radius 2 is 1.52 bits per heavy atom. The second-order valence-electron chi connectivity index (χ2n) is 5.47. The molecule has 146 valence electrons. The summed E-state index contributed by atoms with van der Waals surface area (Å²) in [6.45, 7) is 0.636. The fourth-order valence-electron chi connectivity index (χ4n) is 2.47. The first kappa shape index (κ1) is 20.7. The molecule has 1 fully saturated rings. The van der Waals surface area contributed by atoms with Gasteiger partial charge in [-0.1, -0.05) is 28.1 Å². The van der Waals surface area contributed by atoms with Crippen LogP contribution in [0.1, 0.15) is 0 Å². The van der Waals surface area contributed by atoms with Gasteiger partial charge in [-0.25, -0.2) is 0 Å². The number of hydrogen-bond acceptors (Lipinski definition) is 6. The summed E-state index contributed by atoms with van der Waals surface area (Å²) in [4.78, 5) is 13.2. The van der Waals surface area contributed by atoms with E-state index in [9.17, 15) is 4.79 Å². The van der Waals surface area contributed by atoms with Crippen molar-refractivity contribution in [2.24, 2.45) is 0 Å². The van der Waals surface area contributed by atoms with E-state index in [1.165, 1.54) is 7.11 Å². The van der Waals surface area contributed by atoms with E-state index in [0.717, 1.165) is 5.69 Å². The van der Waals surface area contributed by atoms with Gasteiger partial charge in [0.1, 0.15) is 4.83 Å².